The van der Waals surface area contributed by atoms with E-state index in [2.05, 4.69) is 45.0 Å². The highest BCUT2D eigenvalue weighted by atomic mass is 16.5. The first-order valence-electron chi connectivity index (χ1n) is 17.2. The summed E-state index contributed by atoms with van der Waals surface area (Å²) in [5.41, 5.74) is 0. The van der Waals surface area contributed by atoms with Gasteiger partial charge in [0.15, 0.2) is 0 Å². The predicted octanol–water partition coefficient (Wildman–Crippen LogP) is 10.9. The molecule has 0 aromatic carbocycles. The molecular formula is C35H71NO2. The fourth-order valence-corrected chi connectivity index (χ4v) is 4.93. The maximum Gasteiger partial charge on any atom is 0.0644 e. The van der Waals surface area contributed by atoms with Crippen molar-refractivity contribution in [1.82, 2.24) is 4.90 Å². The summed E-state index contributed by atoms with van der Waals surface area (Å²) in [7, 11) is 4.27. The zero-order chi connectivity index (χ0) is 27.8. The lowest BCUT2D eigenvalue weighted by Gasteiger charge is -2.24. The van der Waals surface area contributed by atoms with E-state index in [1.807, 2.05) is 0 Å². The zero-order valence-electron chi connectivity index (χ0n) is 26.8. The van der Waals surface area contributed by atoms with Gasteiger partial charge in [-0.05, 0) is 52.6 Å². The molecule has 1 atom stereocenters. The molecule has 0 aromatic rings. The Morgan fingerprint density at radius 1 is 0.447 bits per heavy atom. The summed E-state index contributed by atoms with van der Waals surface area (Å²) in [6.07, 6.45) is 37.6. The molecule has 0 unspecified atom stereocenters. The smallest absolute Gasteiger partial charge is 0.0644 e. The van der Waals surface area contributed by atoms with Crippen LogP contribution in [0.25, 0.3) is 0 Å². The monoisotopic (exact) mass is 538 g/mol. The van der Waals surface area contributed by atoms with Gasteiger partial charge in [0.25, 0.3) is 0 Å². The van der Waals surface area contributed by atoms with E-state index < -0.39 is 0 Å². The molecule has 0 saturated carbocycles. The third kappa shape index (κ3) is 30.2. The second-order valence-electron chi connectivity index (χ2n) is 11.9. The first kappa shape index (κ1) is 37.6. The largest absolute Gasteiger partial charge is 0.380 e. The molecule has 0 N–H and O–H groups in total. The number of allylic oxidation sites excluding steroid dienone is 2. The Balaban J connectivity index is 3.34. The minimum absolute atomic E-state index is 0.371. The van der Waals surface area contributed by atoms with Crippen LogP contribution in [0, 0.1) is 0 Å². The number of likely N-dealkylation sites (N-methyl/N-ethyl adjacent to an activating group) is 1. The molecule has 0 heterocycles. The minimum atomic E-state index is 0.371. The molecule has 0 aliphatic rings. The molecule has 3 nitrogen and oxygen atoms in total. The van der Waals surface area contributed by atoms with Gasteiger partial charge >= 0.3 is 0 Å². The van der Waals surface area contributed by atoms with Crippen molar-refractivity contribution in [2.45, 2.75) is 174 Å². The van der Waals surface area contributed by atoms with E-state index in [1.165, 1.54) is 154 Å². The van der Waals surface area contributed by atoms with Crippen LogP contribution in [0.2, 0.25) is 0 Å². The second-order valence-corrected chi connectivity index (χ2v) is 11.9. The molecule has 0 aliphatic carbocycles. The molecule has 0 saturated heterocycles. The molecule has 0 aromatic heterocycles. The second kappa shape index (κ2) is 32.8. The average molecular weight is 538 g/mol. The van der Waals surface area contributed by atoms with Gasteiger partial charge in [-0.3, -0.25) is 0 Å². The van der Waals surface area contributed by atoms with E-state index in [9.17, 15) is 0 Å². The number of unbranched alkanes of at least 4 members (excludes halogenated alkanes) is 21. The molecule has 0 fully saturated rings. The average Bonchev–Trinajstić information content (AvgIpc) is 2.91. The van der Waals surface area contributed by atoms with Crippen LogP contribution in [-0.4, -0.2) is 51.5 Å². The van der Waals surface area contributed by atoms with Crippen molar-refractivity contribution in [1.29, 1.82) is 0 Å². The summed E-state index contributed by atoms with van der Waals surface area (Å²) >= 11 is 0. The minimum Gasteiger partial charge on any atom is -0.380 e. The zero-order valence-corrected chi connectivity index (χ0v) is 26.8. The van der Waals surface area contributed by atoms with E-state index in [0.29, 0.717) is 6.04 Å². The third-order valence-corrected chi connectivity index (χ3v) is 7.79. The number of rotatable bonds is 32. The Morgan fingerprint density at radius 2 is 0.763 bits per heavy atom. The molecular weight excluding hydrogens is 466 g/mol. The lowest BCUT2D eigenvalue weighted by molar-refractivity contribution is 0.0197. The van der Waals surface area contributed by atoms with Gasteiger partial charge in [0.1, 0.15) is 0 Å². The van der Waals surface area contributed by atoms with Gasteiger partial charge in [-0.25, -0.2) is 0 Å². The fraction of sp³-hybridized carbons (Fsp3) is 0.943. The summed E-state index contributed by atoms with van der Waals surface area (Å²) < 4.78 is 11.9. The summed E-state index contributed by atoms with van der Waals surface area (Å²) in [5, 5.41) is 0. The van der Waals surface area contributed by atoms with Crippen LogP contribution in [0.1, 0.15) is 168 Å². The van der Waals surface area contributed by atoms with Crippen molar-refractivity contribution < 1.29 is 9.47 Å². The van der Waals surface area contributed by atoms with E-state index in [-0.39, 0.29) is 0 Å². The van der Waals surface area contributed by atoms with E-state index in [4.69, 9.17) is 9.47 Å². The van der Waals surface area contributed by atoms with Gasteiger partial charge in [-0.15, -0.1) is 0 Å². The highest BCUT2D eigenvalue weighted by Crippen LogP contribution is 2.13. The Hall–Kier alpha value is -0.380. The first-order valence-corrected chi connectivity index (χ1v) is 17.2. The van der Waals surface area contributed by atoms with Crippen LogP contribution in [-0.2, 0) is 9.47 Å². The number of nitrogens with zero attached hydrogens (tertiary/aromatic N) is 1. The molecule has 0 amide bonds. The molecule has 0 aliphatic heterocycles. The maximum atomic E-state index is 5.99. The standard InChI is InChI=1S/C35H71NO2/c1-5-7-9-11-13-14-15-16-17-18-19-20-21-22-23-24-25-26-28-30-32-38-34-35(36(3)4)33-37-31-29-27-12-10-8-6-2/h16-17,35H,5-15,18-34H2,1-4H3/b17-16-/t35-/m0/s1. The molecule has 3 heteroatoms. The van der Waals surface area contributed by atoms with Crippen molar-refractivity contribution in [3.63, 3.8) is 0 Å². The topological polar surface area (TPSA) is 21.7 Å². The SMILES string of the molecule is CCCCCCCC/C=C\CCCCCCCCCCCCOC[C@H](COCCCCCCCC)N(C)C. The van der Waals surface area contributed by atoms with Crippen molar-refractivity contribution in [2.75, 3.05) is 40.5 Å². The van der Waals surface area contributed by atoms with Gasteiger partial charge in [0.2, 0.25) is 0 Å². The van der Waals surface area contributed by atoms with Crippen LogP contribution >= 0.6 is 0 Å². The van der Waals surface area contributed by atoms with Gasteiger partial charge in [0, 0.05) is 13.2 Å². The first-order chi connectivity index (χ1) is 18.7. The lowest BCUT2D eigenvalue weighted by atomic mass is 10.1. The summed E-state index contributed by atoms with van der Waals surface area (Å²) in [6, 6.07) is 0.371. The van der Waals surface area contributed by atoms with Gasteiger partial charge in [0.05, 0.1) is 19.3 Å². The van der Waals surface area contributed by atoms with Crippen molar-refractivity contribution >= 4 is 0 Å². The maximum absolute atomic E-state index is 5.99. The quantitative estimate of drug-likeness (QED) is 0.0629. The van der Waals surface area contributed by atoms with Crippen molar-refractivity contribution in [3.05, 3.63) is 12.2 Å². The van der Waals surface area contributed by atoms with Gasteiger partial charge in [-0.2, -0.15) is 0 Å². The summed E-state index contributed by atoms with van der Waals surface area (Å²) in [4.78, 5) is 2.25. The molecule has 0 bridgehead atoms. The highest BCUT2D eigenvalue weighted by Gasteiger charge is 2.11. The molecule has 228 valence electrons. The molecule has 0 radical (unpaired) electrons. The molecule has 0 spiro atoms. The van der Waals surface area contributed by atoms with Gasteiger partial charge < -0.3 is 14.4 Å². The summed E-state index contributed by atoms with van der Waals surface area (Å²) in [6.45, 7) is 7.94. The van der Waals surface area contributed by atoms with E-state index >= 15 is 0 Å². The number of hydrogen-bond donors (Lipinski definition) is 0. The highest BCUT2D eigenvalue weighted by molar-refractivity contribution is 4.81. The number of ether oxygens (including phenoxy) is 2. The fourth-order valence-electron chi connectivity index (χ4n) is 4.93. The van der Waals surface area contributed by atoms with Crippen LogP contribution in [0.5, 0.6) is 0 Å². The van der Waals surface area contributed by atoms with Gasteiger partial charge in [-0.1, -0.05) is 142 Å². The predicted molar refractivity (Wildman–Crippen MR) is 170 cm³/mol. The third-order valence-electron chi connectivity index (χ3n) is 7.79. The van der Waals surface area contributed by atoms with E-state index in [1.54, 1.807) is 0 Å². The van der Waals surface area contributed by atoms with Crippen molar-refractivity contribution in [3.8, 4) is 0 Å². The van der Waals surface area contributed by atoms with Crippen LogP contribution in [0.3, 0.4) is 0 Å². The molecule has 38 heavy (non-hydrogen) atoms. The molecule has 0 rings (SSSR count). The van der Waals surface area contributed by atoms with Crippen LogP contribution in [0.15, 0.2) is 12.2 Å². The Kier molecular flexibility index (Phi) is 32.5. The Labute approximate surface area is 240 Å². The lowest BCUT2D eigenvalue weighted by Crippen LogP contribution is -2.37. The Bertz CT molecular complexity index is 451. The van der Waals surface area contributed by atoms with Crippen LogP contribution in [0.4, 0.5) is 0 Å². The van der Waals surface area contributed by atoms with Crippen molar-refractivity contribution in [2.24, 2.45) is 0 Å². The van der Waals surface area contributed by atoms with Crippen LogP contribution < -0.4 is 0 Å². The number of hydrogen-bond acceptors (Lipinski definition) is 3. The van der Waals surface area contributed by atoms with E-state index in [0.717, 1.165) is 26.4 Å². The normalized spacial score (nSPS) is 12.8. The summed E-state index contributed by atoms with van der Waals surface area (Å²) in [5.74, 6) is 0. The Morgan fingerprint density at radius 3 is 1.11 bits per heavy atom.